The van der Waals surface area contributed by atoms with Gasteiger partial charge in [0.2, 0.25) is 6.35 Å². The molecule has 0 aliphatic carbocycles. The number of nitrogens with zero attached hydrogens (tertiary/aromatic N) is 6. The number of para-hydroxylation sites is 2. The van der Waals surface area contributed by atoms with Crippen LogP contribution in [0.25, 0.3) is 22.5 Å². The lowest BCUT2D eigenvalue weighted by Crippen LogP contribution is -2.41. The summed E-state index contributed by atoms with van der Waals surface area (Å²) in [5, 5.41) is 6.88. The molecule has 10 heteroatoms. The number of halogens is 1. The Morgan fingerprint density at radius 1 is 0.477 bits per heavy atom. The molecule has 65 heavy (non-hydrogen) atoms. The second-order valence-electron chi connectivity index (χ2n) is 16.6. The number of benzene rings is 6. The molecule has 0 saturated heterocycles. The molecule has 1 aliphatic rings. The van der Waals surface area contributed by atoms with E-state index in [2.05, 4.69) is 161 Å². The molecule has 0 bridgehead atoms. The SMILES string of the molecule is CCOC1N(c2cc(C)cc(C)c2)c2ncc(-c3c(C)cccc3C)nc2N1c1ccccc1.Cc1cc(C)cc(Nc2ncc(-c3c(C)cccc3C)nc2Nc2ccccc2)c1.Cl. The molecule has 2 aromatic heterocycles. The summed E-state index contributed by atoms with van der Waals surface area (Å²) in [4.78, 5) is 24.2. The zero-order valence-electron chi connectivity index (χ0n) is 38.6. The molecule has 0 spiro atoms. The maximum absolute atomic E-state index is 6.36. The second kappa shape index (κ2) is 20.2. The van der Waals surface area contributed by atoms with E-state index in [1.54, 1.807) is 0 Å². The van der Waals surface area contributed by atoms with Crippen molar-refractivity contribution in [3.05, 3.63) is 190 Å². The van der Waals surface area contributed by atoms with E-state index in [1.807, 2.05) is 67.8 Å². The Balaban J connectivity index is 0.000000192. The van der Waals surface area contributed by atoms with Crippen LogP contribution in [0.1, 0.15) is 51.4 Å². The molecule has 1 aliphatic heterocycles. The van der Waals surface area contributed by atoms with Gasteiger partial charge in [-0.1, -0.05) is 84.9 Å². The molecule has 2 N–H and O–H groups in total. The number of aryl methyl sites for hydroxylation is 8. The summed E-state index contributed by atoms with van der Waals surface area (Å²) in [6.07, 6.45) is 3.34. The van der Waals surface area contributed by atoms with Gasteiger partial charge in [-0.2, -0.15) is 0 Å². The number of ether oxygens (including phenoxy) is 1. The number of anilines is 8. The molecule has 0 radical (unpaired) electrons. The average molecular weight is 882 g/mol. The van der Waals surface area contributed by atoms with Gasteiger partial charge in [0.15, 0.2) is 23.3 Å². The average Bonchev–Trinajstić information content (AvgIpc) is 3.58. The van der Waals surface area contributed by atoms with Crippen molar-refractivity contribution < 1.29 is 4.74 Å². The lowest BCUT2D eigenvalue weighted by molar-refractivity contribution is 0.0767. The Hall–Kier alpha value is -7.07. The van der Waals surface area contributed by atoms with Crippen molar-refractivity contribution in [2.75, 3.05) is 27.0 Å². The van der Waals surface area contributed by atoms with Gasteiger partial charge in [-0.3, -0.25) is 9.80 Å². The van der Waals surface area contributed by atoms with E-state index < -0.39 is 6.35 Å². The summed E-state index contributed by atoms with van der Waals surface area (Å²) in [5.74, 6) is 2.98. The molecule has 330 valence electrons. The second-order valence-corrected chi connectivity index (χ2v) is 16.6. The van der Waals surface area contributed by atoms with Crippen LogP contribution in [0.2, 0.25) is 0 Å². The molecule has 1 atom stereocenters. The Morgan fingerprint density at radius 3 is 1.51 bits per heavy atom. The number of nitrogens with one attached hydrogen (secondary N) is 2. The minimum atomic E-state index is -0.392. The van der Waals surface area contributed by atoms with E-state index in [-0.39, 0.29) is 12.4 Å². The normalized spacial score (nSPS) is 12.8. The zero-order valence-corrected chi connectivity index (χ0v) is 39.5. The third-order valence-corrected chi connectivity index (χ3v) is 11.2. The molecular formula is C55H57ClN8O. The lowest BCUT2D eigenvalue weighted by atomic mass is 10.0. The predicted molar refractivity (Wildman–Crippen MR) is 272 cm³/mol. The van der Waals surface area contributed by atoms with Crippen LogP contribution in [-0.4, -0.2) is 32.9 Å². The largest absolute Gasteiger partial charge is 0.340 e. The van der Waals surface area contributed by atoms with Crippen molar-refractivity contribution in [2.45, 2.75) is 68.7 Å². The summed E-state index contributed by atoms with van der Waals surface area (Å²) < 4.78 is 6.36. The first-order chi connectivity index (χ1) is 31.0. The highest BCUT2D eigenvalue weighted by molar-refractivity contribution is 5.86. The first kappa shape index (κ1) is 45.9. The fourth-order valence-corrected chi connectivity index (χ4v) is 8.59. The highest BCUT2D eigenvalue weighted by atomic mass is 35.5. The predicted octanol–water partition coefficient (Wildman–Crippen LogP) is 14.3. The van der Waals surface area contributed by atoms with Gasteiger partial charge in [-0.05, 0) is 155 Å². The van der Waals surface area contributed by atoms with Crippen LogP contribution in [0.3, 0.4) is 0 Å². The third-order valence-electron chi connectivity index (χ3n) is 11.2. The van der Waals surface area contributed by atoms with E-state index in [0.29, 0.717) is 18.2 Å². The van der Waals surface area contributed by atoms with Crippen molar-refractivity contribution in [3.8, 4) is 22.5 Å². The molecule has 9 rings (SSSR count). The summed E-state index contributed by atoms with van der Waals surface area (Å²) >= 11 is 0. The van der Waals surface area contributed by atoms with E-state index in [0.717, 1.165) is 56.9 Å². The van der Waals surface area contributed by atoms with Gasteiger partial charge in [0, 0.05) is 40.5 Å². The molecule has 0 amide bonds. The van der Waals surface area contributed by atoms with E-state index in [1.165, 1.54) is 44.5 Å². The van der Waals surface area contributed by atoms with Crippen molar-refractivity contribution in [1.82, 2.24) is 19.9 Å². The number of fused-ring (bicyclic) bond motifs is 1. The minimum Gasteiger partial charge on any atom is -0.340 e. The molecule has 8 aromatic rings. The Labute approximate surface area is 390 Å². The van der Waals surface area contributed by atoms with Crippen LogP contribution in [0.4, 0.5) is 46.0 Å². The highest BCUT2D eigenvalue weighted by Crippen LogP contribution is 2.47. The number of hydrogen-bond acceptors (Lipinski definition) is 9. The van der Waals surface area contributed by atoms with Crippen LogP contribution in [0.15, 0.2) is 146 Å². The topological polar surface area (TPSA) is 91.3 Å². The number of aromatic nitrogens is 4. The smallest absolute Gasteiger partial charge is 0.221 e. The van der Waals surface area contributed by atoms with E-state index in [4.69, 9.17) is 24.7 Å². The lowest BCUT2D eigenvalue weighted by Gasteiger charge is -2.31. The van der Waals surface area contributed by atoms with Crippen LogP contribution in [0.5, 0.6) is 0 Å². The molecule has 0 saturated carbocycles. The Morgan fingerprint density at radius 2 is 0.954 bits per heavy atom. The standard InChI is InChI=1S/C29H30N4O.C26H26N4.ClH/c1-6-34-29-32(23-13-8-7-9-14-23)28-27(33(29)24-16-19(2)15-20(3)17-24)30-18-25(31-28)26-21(4)11-10-12-22(26)5;1-17-13-18(2)15-22(14-17)29-25-26(28-21-11-6-5-7-12-21)30-23(16-27-25)24-19(3)9-8-10-20(24)4;/h7-18,29H,6H2,1-5H3;5-16H,1-4H3,(H,27,29)(H,28,30);1H. The summed E-state index contributed by atoms with van der Waals surface area (Å²) in [6.45, 7) is 19.5. The van der Waals surface area contributed by atoms with Crippen LogP contribution in [0, 0.1) is 55.4 Å². The van der Waals surface area contributed by atoms with Crippen LogP contribution in [-0.2, 0) is 4.74 Å². The van der Waals surface area contributed by atoms with Crippen LogP contribution >= 0.6 is 12.4 Å². The van der Waals surface area contributed by atoms with Gasteiger partial charge in [-0.15, -0.1) is 12.4 Å². The summed E-state index contributed by atoms with van der Waals surface area (Å²) in [5.41, 5.74) is 17.6. The Bertz CT molecular complexity index is 2840. The van der Waals surface area contributed by atoms with Crippen molar-refractivity contribution >= 4 is 58.4 Å². The molecule has 3 heterocycles. The minimum absolute atomic E-state index is 0. The maximum Gasteiger partial charge on any atom is 0.221 e. The quantitative estimate of drug-likeness (QED) is 0.139. The molecule has 9 nitrogen and oxygen atoms in total. The molecule has 6 aromatic carbocycles. The summed E-state index contributed by atoms with van der Waals surface area (Å²) in [7, 11) is 0. The molecular weight excluding hydrogens is 824 g/mol. The highest BCUT2D eigenvalue weighted by Gasteiger charge is 2.41. The maximum atomic E-state index is 6.36. The monoisotopic (exact) mass is 880 g/mol. The number of hydrogen-bond donors (Lipinski definition) is 2. The first-order valence-corrected chi connectivity index (χ1v) is 21.9. The van der Waals surface area contributed by atoms with Gasteiger partial charge >= 0.3 is 0 Å². The van der Waals surface area contributed by atoms with Gasteiger partial charge in [0.1, 0.15) is 0 Å². The van der Waals surface area contributed by atoms with Crippen LogP contribution < -0.4 is 20.4 Å². The van der Waals surface area contributed by atoms with E-state index in [9.17, 15) is 0 Å². The van der Waals surface area contributed by atoms with E-state index >= 15 is 0 Å². The fourth-order valence-electron chi connectivity index (χ4n) is 8.59. The summed E-state index contributed by atoms with van der Waals surface area (Å²) in [6, 6.07) is 45.9. The van der Waals surface area contributed by atoms with Crippen molar-refractivity contribution in [3.63, 3.8) is 0 Å². The van der Waals surface area contributed by atoms with Crippen molar-refractivity contribution in [1.29, 1.82) is 0 Å². The Kier molecular flexibility index (Phi) is 14.3. The third kappa shape index (κ3) is 10.2. The van der Waals surface area contributed by atoms with Gasteiger partial charge in [-0.25, -0.2) is 19.9 Å². The number of rotatable bonds is 10. The van der Waals surface area contributed by atoms with Crippen molar-refractivity contribution in [2.24, 2.45) is 0 Å². The molecule has 1 unspecified atom stereocenters. The fraction of sp³-hybridized carbons (Fsp3) is 0.200. The van der Waals surface area contributed by atoms with Gasteiger partial charge in [0.25, 0.3) is 0 Å². The zero-order chi connectivity index (χ0) is 44.9. The molecule has 0 fully saturated rings. The first-order valence-electron chi connectivity index (χ1n) is 21.9. The van der Waals surface area contributed by atoms with Gasteiger partial charge in [0.05, 0.1) is 23.8 Å². The van der Waals surface area contributed by atoms with Gasteiger partial charge < -0.3 is 15.4 Å².